The lowest BCUT2D eigenvalue weighted by Gasteiger charge is -2.43. The van der Waals surface area contributed by atoms with Crippen molar-refractivity contribution >= 4 is 29.6 Å². The summed E-state index contributed by atoms with van der Waals surface area (Å²) in [5.41, 5.74) is 2.21. The van der Waals surface area contributed by atoms with Gasteiger partial charge in [0.2, 0.25) is 5.91 Å². The number of methoxy groups -OCH3 is 1. The van der Waals surface area contributed by atoms with Crippen molar-refractivity contribution in [3.63, 3.8) is 0 Å². The van der Waals surface area contributed by atoms with Gasteiger partial charge in [-0.2, -0.15) is 0 Å². The van der Waals surface area contributed by atoms with E-state index in [0.717, 1.165) is 16.0 Å². The van der Waals surface area contributed by atoms with Crippen LogP contribution in [0.25, 0.3) is 11.1 Å². The zero-order valence-corrected chi connectivity index (χ0v) is 27.1. The number of rotatable bonds is 11. The summed E-state index contributed by atoms with van der Waals surface area (Å²) in [6.07, 6.45) is -2.85. The number of halogens is 1. The predicted molar refractivity (Wildman–Crippen MR) is 177 cm³/mol. The Kier molecular flexibility index (Phi) is 11.4. The Morgan fingerprint density at radius 2 is 1.45 bits per heavy atom. The first-order valence-corrected chi connectivity index (χ1v) is 16.1. The molecule has 1 amide bonds. The SMILES string of the molecule is CO[C@@H]1[C@@H](OC(=O)c2ccccc2)[C@@H](OC(=O)c2ccccc2)C(Sc2ccc(CCNC(C)=O)c(-c3cccc(F)c3)c2)O[C@H]1C. The number of amides is 1. The van der Waals surface area contributed by atoms with Crippen LogP contribution in [0.15, 0.2) is 108 Å². The van der Waals surface area contributed by atoms with Crippen LogP contribution in [0, 0.1) is 5.82 Å². The lowest BCUT2D eigenvalue weighted by molar-refractivity contribution is -0.202. The Labute approximate surface area is 277 Å². The molecule has 0 aliphatic carbocycles. The summed E-state index contributed by atoms with van der Waals surface area (Å²) in [5, 5.41) is 2.81. The largest absolute Gasteiger partial charge is 0.452 e. The number of benzene rings is 4. The van der Waals surface area contributed by atoms with Crippen molar-refractivity contribution in [1.29, 1.82) is 0 Å². The van der Waals surface area contributed by atoms with E-state index in [4.69, 9.17) is 18.9 Å². The van der Waals surface area contributed by atoms with Gasteiger partial charge in [-0.3, -0.25) is 4.79 Å². The van der Waals surface area contributed by atoms with E-state index in [1.165, 1.54) is 37.9 Å². The summed E-state index contributed by atoms with van der Waals surface area (Å²) in [4.78, 5) is 39.0. The molecule has 0 bridgehead atoms. The van der Waals surface area contributed by atoms with Crippen LogP contribution in [0.5, 0.6) is 0 Å². The fourth-order valence-electron chi connectivity index (χ4n) is 5.46. The highest BCUT2D eigenvalue weighted by molar-refractivity contribution is 7.99. The number of hydrogen-bond acceptors (Lipinski definition) is 8. The van der Waals surface area contributed by atoms with E-state index in [1.54, 1.807) is 66.7 Å². The van der Waals surface area contributed by atoms with E-state index in [9.17, 15) is 18.8 Å². The van der Waals surface area contributed by atoms with Gasteiger partial charge in [0.05, 0.1) is 17.2 Å². The molecule has 1 heterocycles. The van der Waals surface area contributed by atoms with Crippen LogP contribution in [-0.2, 0) is 30.2 Å². The maximum Gasteiger partial charge on any atom is 0.338 e. The first kappa shape index (κ1) is 33.8. The van der Waals surface area contributed by atoms with Gasteiger partial charge in [-0.25, -0.2) is 14.0 Å². The van der Waals surface area contributed by atoms with Crippen molar-refractivity contribution in [3.05, 3.63) is 126 Å². The summed E-state index contributed by atoms with van der Waals surface area (Å²) in [7, 11) is 1.49. The molecule has 0 saturated carbocycles. The van der Waals surface area contributed by atoms with E-state index in [0.29, 0.717) is 29.7 Å². The standard InChI is InChI=1S/C37H36FNO7S/c1-23-32(43-3)33(45-35(41)26-11-6-4-7-12-26)34(46-36(42)27-13-8-5-9-14-27)37(44-23)47-30-18-17-25(19-20-39-24(2)40)31(22-30)28-15-10-16-29(38)21-28/h4-18,21-23,32-34,37H,19-20H2,1-3H3,(H,39,40)/t23-,32-,33+,34+,37?/m0/s1. The van der Waals surface area contributed by atoms with Crippen molar-refractivity contribution < 1.29 is 37.7 Å². The fraction of sp³-hybridized carbons (Fsp3) is 0.270. The second kappa shape index (κ2) is 15.9. The van der Waals surface area contributed by atoms with Gasteiger partial charge in [0.15, 0.2) is 12.2 Å². The Balaban J connectivity index is 1.50. The van der Waals surface area contributed by atoms with Gasteiger partial charge < -0.3 is 24.3 Å². The molecule has 8 nitrogen and oxygen atoms in total. The number of hydrogen-bond donors (Lipinski definition) is 1. The highest BCUT2D eigenvalue weighted by Gasteiger charge is 2.50. The van der Waals surface area contributed by atoms with E-state index < -0.39 is 41.8 Å². The third-order valence-corrected chi connectivity index (χ3v) is 8.88. The van der Waals surface area contributed by atoms with Crippen LogP contribution in [0.2, 0.25) is 0 Å². The predicted octanol–water partition coefficient (Wildman–Crippen LogP) is 6.47. The summed E-state index contributed by atoms with van der Waals surface area (Å²) in [5.74, 6) is -1.71. The van der Waals surface area contributed by atoms with Crippen molar-refractivity contribution in [3.8, 4) is 11.1 Å². The molecular formula is C37H36FNO7S. The number of nitrogens with one attached hydrogen (secondary N) is 1. The van der Waals surface area contributed by atoms with Crippen molar-refractivity contribution in [2.75, 3.05) is 13.7 Å². The van der Waals surface area contributed by atoms with Gasteiger partial charge in [0, 0.05) is 25.5 Å². The summed E-state index contributed by atoms with van der Waals surface area (Å²) in [6.45, 7) is 3.68. The Hall–Kier alpha value is -4.51. The van der Waals surface area contributed by atoms with Crippen LogP contribution in [0.1, 0.15) is 40.1 Å². The van der Waals surface area contributed by atoms with Gasteiger partial charge >= 0.3 is 11.9 Å². The molecule has 4 aromatic rings. The van der Waals surface area contributed by atoms with Gasteiger partial charge in [-0.05, 0) is 78.6 Å². The topological polar surface area (TPSA) is 100 Å². The third-order valence-electron chi connectivity index (χ3n) is 7.74. The van der Waals surface area contributed by atoms with Crippen LogP contribution in [0.4, 0.5) is 4.39 Å². The third kappa shape index (κ3) is 8.65. The summed E-state index contributed by atoms with van der Waals surface area (Å²) in [6, 6.07) is 29.1. The molecule has 0 aromatic heterocycles. The van der Waals surface area contributed by atoms with Gasteiger partial charge in [0.1, 0.15) is 17.4 Å². The molecule has 5 rings (SSSR count). The van der Waals surface area contributed by atoms with E-state index >= 15 is 0 Å². The van der Waals surface area contributed by atoms with Crippen LogP contribution < -0.4 is 5.32 Å². The minimum atomic E-state index is -1.07. The fourth-order valence-corrected chi connectivity index (χ4v) is 6.64. The number of thioether (sulfide) groups is 1. The van der Waals surface area contributed by atoms with Crippen molar-refractivity contribution in [2.45, 2.75) is 55.0 Å². The zero-order chi connectivity index (χ0) is 33.3. The van der Waals surface area contributed by atoms with Crippen molar-refractivity contribution in [1.82, 2.24) is 5.32 Å². The lowest BCUT2D eigenvalue weighted by Crippen LogP contribution is -2.59. The molecule has 1 fully saturated rings. The number of carbonyl (C=O) groups is 3. The molecule has 4 aromatic carbocycles. The van der Waals surface area contributed by atoms with E-state index in [1.807, 2.05) is 31.2 Å². The van der Waals surface area contributed by atoms with Crippen LogP contribution >= 0.6 is 11.8 Å². The minimum Gasteiger partial charge on any atom is -0.452 e. The monoisotopic (exact) mass is 657 g/mol. The molecule has 1 saturated heterocycles. The molecule has 0 radical (unpaired) electrons. The maximum atomic E-state index is 14.3. The van der Waals surface area contributed by atoms with Gasteiger partial charge in [-0.15, -0.1) is 0 Å². The molecule has 1 N–H and O–H groups in total. The molecule has 1 aliphatic rings. The summed E-state index contributed by atoms with van der Waals surface area (Å²) < 4.78 is 38.6. The Bertz CT molecular complexity index is 1690. The molecule has 5 atom stereocenters. The molecular weight excluding hydrogens is 621 g/mol. The highest BCUT2D eigenvalue weighted by Crippen LogP contribution is 2.39. The minimum absolute atomic E-state index is 0.138. The van der Waals surface area contributed by atoms with Gasteiger partial charge in [0.25, 0.3) is 0 Å². The second-order valence-electron chi connectivity index (χ2n) is 11.1. The first-order valence-electron chi connectivity index (χ1n) is 15.2. The average molecular weight is 658 g/mol. The molecule has 47 heavy (non-hydrogen) atoms. The summed E-state index contributed by atoms with van der Waals surface area (Å²) >= 11 is 1.29. The first-order chi connectivity index (χ1) is 22.7. The number of carbonyl (C=O) groups excluding carboxylic acids is 3. The Morgan fingerprint density at radius 3 is 2.04 bits per heavy atom. The number of esters is 2. The normalized spacial score (nSPS) is 20.6. The molecule has 1 aliphatic heterocycles. The van der Waals surface area contributed by atoms with Crippen LogP contribution in [0.3, 0.4) is 0 Å². The lowest BCUT2D eigenvalue weighted by atomic mass is 9.97. The van der Waals surface area contributed by atoms with E-state index in [2.05, 4.69) is 5.32 Å². The quantitative estimate of drug-likeness (QED) is 0.183. The average Bonchev–Trinajstić information content (AvgIpc) is 3.07. The van der Waals surface area contributed by atoms with Crippen molar-refractivity contribution in [2.24, 2.45) is 0 Å². The molecule has 1 unspecified atom stereocenters. The molecule has 244 valence electrons. The molecule has 0 spiro atoms. The molecule has 10 heteroatoms. The Morgan fingerprint density at radius 1 is 0.809 bits per heavy atom. The maximum absolute atomic E-state index is 14.3. The zero-order valence-electron chi connectivity index (χ0n) is 26.3. The van der Waals surface area contributed by atoms with E-state index in [-0.39, 0.29) is 11.7 Å². The second-order valence-corrected chi connectivity index (χ2v) is 12.2. The van der Waals surface area contributed by atoms with Crippen LogP contribution in [-0.4, -0.2) is 61.4 Å². The van der Waals surface area contributed by atoms with Gasteiger partial charge in [-0.1, -0.05) is 66.4 Å². The number of ether oxygens (including phenoxy) is 4. The highest BCUT2D eigenvalue weighted by atomic mass is 32.2. The smallest absolute Gasteiger partial charge is 0.338 e.